The third-order valence-electron chi connectivity index (χ3n) is 5.94. The maximum Gasteiger partial charge on any atom is 0.240 e. The summed E-state index contributed by atoms with van der Waals surface area (Å²) in [6.45, 7) is 3.58. The number of ketones is 1. The molecule has 0 aliphatic carbocycles. The molecule has 0 spiro atoms. The zero-order valence-electron chi connectivity index (χ0n) is 17.8. The average molecular weight is 424 g/mol. The van der Waals surface area contributed by atoms with Crippen molar-refractivity contribution in [2.75, 3.05) is 44.7 Å². The van der Waals surface area contributed by atoms with Crippen molar-refractivity contribution in [2.24, 2.45) is 0 Å². The van der Waals surface area contributed by atoms with Crippen molar-refractivity contribution < 1.29 is 19.1 Å². The number of methoxy groups -OCH3 is 1. The number of carbonyl (C=O) groups is 2. The number of carbonyl (C=O) groups excluding carboxylic acids is 2. The molecule has 1 amide bonds. The van der Waals surface area contributed by atoms with E-state index < -0.39 is 12.1 Å². The van der Waals surface area contributed by atoms with Crippen molar-refractivity contribution >= 4 is 17.4 Å². The van der Waals surface area contributed by atoms with Crippen LogP contribution in [0.3, 0.4) is 0 Å². The smallest absolute Gasteiger partial charge is 0.240 e. The predicted molar refractivity (Wildman–Crippen MR) is 118 cm³/mol. The first kappa shape index (κ1) is 21.3. The number of hydrogen-bond donors (Lipinski definition) is 1. The first-order chi connectivity index (χ1) is 15.1. The van der Waals surface area contributed by atoms with E-state index in [4.69, 9.17) is 9.47 Å². The van der Waals surface area contributed by atoms with Crippen LogP contribution in [0.2, 0.25) is 0 Å². The molecule has 0 bridgehead atoms. The van der Waals surface area contributed by atoms with Crippen molar-refractivity contribution in [3.63, 3.8) is 0 Å². The summed E-state index contributed by atoms with van der Waals surface area (Å²) in [5, 5.41) is 3.22. The Bertz CT molecular complexity index is 879. The van der Waals surface area contributed by atoms with Crippen LogP contribution >= 0.6 is 0 Å². The minimum atomic E-state index is -0.504. The number of benzene rings is 2. The number of rotatable bonds is 6. The van der Waals surface area contributed by atoms with E-state index >= 15 is 0 Å². The molecule has 2 aliphatic heterocycles. The maximum absolute atomic E-state index is 12.9. The number of nitrogens with zero attached hydrogens (tertiary/aromatic N) is 2. The molecule has 2 atom stereocenters. The molecule has 164 valence electrons. The van der Waals surface area contributed by atoms with Gasteiger partial charge in [0, 0.05) is 44.8 Å². The van der Waals surface area contributed by atoms with Gasteiger partial charge in [0.15, 0.2) is 5.78 Å². The Labute approximate surface area is 182 Å². The zero-order chi connectivity index (χ0) is 21.6. The molecule has 7 nitrogen and oxygen atoms in total. The van der Waals surface area contributed by atoms with Gasteiger partial charge in [-0.3, -0.25) is 9.59 Å². The SMILES string of the molecule is COc1ccc(N2CCN(C(=O)C3CC(=O)C(OCc4ccccc4)CN3)CC2)cc1. The summed E-state index contributed by atoms with van der Waals surface area (Å²) in [4.78, 5) is 29.6. The molecule has 0 radical (unpaired) electrons. The lowest BCUT2D eigenvalue weighted by atomic mass is 9.99. The lowest BCUT2D eigenvalue weighted by molar-refractivity contribution is -0.142. The Morgan fingerprint density at radius 3 is 2.39 bits per heavy atom. The highest BCUT2D eigenvalue weighted by atomic mass is 16.5. The number of amides is 1. The van der Waals surface area contributed by atoms with Gasteiger partial charge in [0.05, 0.1) is 19.8 Å². The predicted octanol–water partition coefficient (Wildman–Crippen LogP) is 1.86. The number of hydrogen-bond acceptors (Lipinski definition) is 6. The molecular weight excluding hydrogens is 394 g/mol. The monoisotopic (exact) mass is 423 g/mol. The Balaban J connectivity index is 1.24. The van der Waals surface area contributed by atoms with Crippen molar-refractivity contribution in [2.45, 2.75) is 25.2 Å². The molecule has 2 aromatic carbocycles. The number of piperidine rings is 1. The van der Waals surface area contributed by atoms with Crippen LogP contribution in [0.4, 0.5) is 5.69 Å². The highest BCUT2D eigenvalue weighted by Crippen LogP contribution is 2.21. The van der Waals surface area contributed by atoms with Crippen LogP contribution < -0.4 is 15.0 Å². The van der Waals surface area contributed by atoms with Crippen molar-refractivity contribution in [1.82, 2.24) is 10.2 Å². The molecule has 0 saturated carbocycles. The minimum Gasteiger partial charge on any atom is -0.497 e. The van der Waals surface area contributed by atoms with Crippen LogP contribution in [0.25, 0.3) is 0 Å². The van der Waals surface area contributed by atoms with Crippen LogP contribution in [0.1, 0.15) is 12.0 Å². The van der Waals surface area contributed by atoms with Gasteiger partial charge < -0.3 is 24.6 Å². The fraction of sp³-hybridized carbons (Fsp3) is 0.417. The normalized spacial score (nSPS) is 21.8. The van der Waals surface area contributed by atoms with Gasteiger partial charge in [-0.2, -0.15) is 0 Å². The van der Waals surface area contributed by atoms with E-state index in [0.717, 1.165) is 30.1 Å². The fourth-order valence-electron chi connectivity index (χ4n) is 4.06. The molecule has 31 heavy (non-hydrogen) atoms. The van der Waals surface area contributed by atoms with Crippen molar-refractivity contribution in [1.29, 1.82) is 0 Å². The summed E-state index contributed by atoms with van der Waals surface area (Å²) in [5.74, 6) is 0.825. The average Bonchev–Trinajstić information content (AvgIpc) is 2.83. The van der Waals surface area contributed by atoms with Gasteiger partial charge in [-0.25, -0.2) is 0 Å². The Hall–Kier alpha value is -2.90. The van der Waals surface area contributed by atoms with Gasteiger partial charge in [0.25, 0.3) is 0 Å². The minimum absolute atomic E-state index is 0.00393. The summed E-state index contributed by atoms with van der Waals surface area (Å²) < 4.78 is 11.0. The quantitative estimate of drug-likeness (QED) is 0.765. The number of piperazine rings is 1. The van der Waals surface area contributed by atoms with E-state index in [1.165, 1.54) is 0 Å². The first-order valence-corrected chi connectivity index (χ1v) is 10.7. The standard InChI is InChI=1S/C24H29N3O4/c1-30-20-9-7-19(8-10-20)26-11-13-27(14-12-26)24(29)21-15-22(28)23(16-25-21)31-17-18-5-3-2-4-6-18/h2-10,21,23,25H,11-17H2,1H3. The summed E-state index contributed by atoms with van der Waals surface area (Å²) in [5.41, 5.74) is 2.15. The summed E-state index contributed by atoms with van der Waals surface area (Å²) in [6, 6.07) is 17.3. The van der Waals surface area contributed by atoms with Gasteiger partial charge in [-0.05, 0) is 29.8 Å². The molecule has 2 unspecified atom stereocenters. The van der Waals surface area contributed by atoms with Crippen LogP contribution in [-0.2, 0) is 20.9 Å². The Morgan fingerprint density at radius 1 is 1.03 bits per heavy atom. The van der Waals surface area contributed by atoms with Crippen LogP contribution in [0.5, 0.6) is 5.75 Å². The lowest BCUT2D eigenvalue weighted by Crippen LogP contribution is -2.58. The van der Waals surface area contributed by atoms with E-state index in [-0.39, 0.29) is 18.1 Å². The van der Waals surface area contributed by atoms with Gasteiger partial charge in [0.2, 0.25) is 5.91 Å². The second-order valence-corrected chi connectivity index (χ2v) is 7.93. The number of ether oxygens (including phenoxy) is 2. The summed E-state index contributed by atoms with van der Waals surface area (Å²) >= 11 is 0. The first-order valence-electron chi connectivity index (χ1n) is 10.7. The number of Topliss-reactive ketones (excluding diaryl/α,β-unsaturated/α-hetero) is 1. The number of anilines is 1. The fourth-order valence-corrected chi connectivity index (χ4v) is 4.06. The van der Waals surface area contributed by atoms with Gasteiger partial charge in [-0.1, -0.05) is 30.3 Å². The highest BCUT2D eigenvalue weighted by molar-refractivity contribution is 5.92. The molecule has 2 heterocycles. The summed E-state index contributed by atoms with van der Waals surface area (Å²) in [6.07, 6.45) is -0.326. The molecule has 1 N–H and O–H groups in total. The van der Waals surface area contributed by atoms with E-state index in [2.05, 4.69) is 10.2 Å². The molecular formula is C24H29N3O4. The topological polar surface area (TPSA) is 71.1 Å². The lowest BCUT2D eigenvalue weighted by Gasteiger charge is -2.38. The van der Waals surface area contributed by atoms with E-state index in [9.17, 15) is 9.59 Å². The van der Waals surface area contributed by atoms with Crippen molar-refractivity contribution in [3.05, 3.63) is 60.2 Å². The Morgan fingerprint density at radius 2 is 1.74 bits per heavy atom. The molecule has 2 saturated heterocycles. The van der Waals surface area contributed by atoms with Gasteiger partial charge in [0.1, 0.15) is 11.9 Å². The van der Waals surface area contributed by atoms with Gasteiger partial charge in [-0.15, -0.1) is 0 Å². The van der Waals surface area contributed by atoms with E-state index in [1.54, 1.807) is 7.11 Å². The van der Waals surface area contributed by atoms with E-state index in [1.807, 2.05) is 59.5 Å². The van der Waals surface area contributed by atoms with Crippen LogP contribution in [0.15, 0.2) is 54.6 Å². The summed E-state index contributed by atoms with van der Waals surface area (Å²) in [7, 11) is 1.65. The molecule has 0 aromatic heterocycles. The van der Waals surface area contributed by atoms with Crippen LogP contribution in [-0.4, -0.2) is 68.6 Å². The van der Waals surface area contributed by atoms with Crippen molar-refractivity contribution in [3.8, 4) is 5.75 Å². The Kier molecular flexibility index (Phi) is 6.84. The second-order valence-electron chi connectivity index (χ2n) is 7.93. The van der Waals surface area contributed by atoms with Gasteiger partial charge >= 0.3 is 0 Å². The largest absolute Gasteiger partial charge is 0.497 e. The molecule has 2 aliphatic rings. The zero-order valence-corrected chi connectivity index (χ0v) is 17.8. The molecule has 4 rings (SSSR count). The molecule has 7 heteroatoms. The third-order valence-corrected chi connectivity index (χ3v) is 5.94. The maximum atomic E-state index is 12.9. The highest BCUT2D eigenvalue weighted by Gasteiger charge is 2.35. The third kappa shape index (κ3) is 5.24. The number of nitrogens with one attached hydrogen (secondary N) is 1. The van der Waals surface area contributed by atoms with Crippen LogP contribution in [0, 0.1) is 0 Å². The van der Waals surface area contributed by atoms with E-state index in [0.29, 0.717) is 26.2 Å². The molecule has 2 fully saturated rings. The molecule has 2 aromatic rings. The second kappa shape index (κ2) is 9.94.